The molecule has 0 radical (unpaired) electrons. The fourth-order valence-electron chi connectivity index (χ4n) is 3.58. The SMILES string of the molecule is CCc1ccc2c(c1)sc(=NC(=O)Cc1cccc3ccccc13)n2CCSC. The van der Waals surface area contributed by atoms with Gasteiger partial charge in [-0.3, -0.25) is 4.79 Å². The van der Waals surface area contributed by atoms with Crippen molar-refractivity contribution >= 4 is 50.0 Å². The Kier molecular flexibility index (Phi) is 6.16. The number of nitrogens with zero attached hydrogens (tertiary/aromatic N) is 2. The van der Waals surface area contributed by atoms with E-state index in [2.05, 4.69) is 59.1 Å². The van der Waals surface area contributed by atoms with Crippen LogP contribution in [-0.2, 0) is 24.2 Å². The molecule has 4 rings (SSSR count). The summed E-state index contributed by atoms with van der Waals surface area (Å²) < 4.78 is 3.39. The summed E-state index contributed by atoms with van der Waals surface area (Å²) in [7, 11) is 0. The van der Waals surface area contributed by atoms with Gasteiger partial charge in [0.1, 0.15) is 0 Å². The molecule has 0 aliphatic carbocycles. The van der Waals surface area contributed by atoms with Gasteiger partial charge in [0.2, 0.25) is 0 Å². The van der Waals surface area contributed by atoms with Gasteiger partial charge < -0.3 is 4.57 Å². The summed E-state index contributed by atoms with van der Waals surface area (Å²) in [5, 5.41) is 2.28. The highest BCUT2D eigenvalue weighted by Gasteiger charge is 2.10. The minimum absolute atomic E-state index is 0.0958. The van der Waals surface area contributed by atoms with Gasteiger partial charge in [0.05, 0.1) is 16.6 Å². The highest BCUT2D eigenvalue weighted by atomic mass is 32.2. The standard InChI is InChI=1S/C24H24N2OS2/c1-3-17-11-12-21-22(15-17)29-24(26(21)13-14-28-2)25-23(27)16-19-9-6-8-18-7-4-5-10-20(18)19/h4-12,15H,3,13-14,16H2,1-2H3. The van der Waals surface area contributed by atoms with Crippen molar-refractivity contribution in [2.75, 3.05) is 12.0 Å². The molecule has 5 heteroatoms. The summed E-state index contributed by atoms with van der Waals surface area (Å²) >= 11 is 3.42. The van der Waals surface area contributed by atoms with Crippen molar-refractivity contribution in [3.8, 4) is 0 Å². The Morgan fingerprint density at radius 1 is 1.10 bits per heavy atom. The molecule has 0 aliphatic heterocycles. The van der Waals surface area contributed by atoms with E-state index in [0.29, 0.717) is 6.42 Å². The van der Waals surface area contributed by atoms with Gasteiger partial charge in [0.25, 0.3) is 5.91 Å². The van der Waals surface area contributed by atoms with Gasteiger partial charge >= 0.3 is 0 Å². The number of thiazole rings is 1. The monoisotopic (exact) mass is 420 g/mol. The fraction of sp³-hybridized carbons (Fsp3) is 0.250. The molecule has 0 spiro atoms. The second-order valence-electron chi connectivity index (χ2n) is 7.01. The summed E-state index contributed by atoms with van der Waals surface area (Å²) in [6, 6.07) is 20.9. The summed E-state index contributed by atoms with van der Waals surface area (Å²) in [6.07, 6.45) is 3.43. The maximum Gasteiger partial charge on any atom is 0.252 e. The average Bonchev–Trinajstić information content (AvgIpc) is 3.08. The molecule has 148 valence electrons. The van der Waals surface area contributed by atoms with E-state index in [1.807, 2.05) is 24.3 Å². The van der Waals surface area contributed by atoms with Crippen molar-refractivity contribution in [1.82, 2.24) is 4.57 Å². The second-order valence-corrected chi connectivity index (χ2v) is 9.00. The second kappa shape index (κ2) is 8.97. The molecule has 0 aliphatic rings. The van der Waals surface area contributed by atoms with Crippen molar-refractivity contribution in [3.63, 3.8) is 0 Å². The maximum absolute atomic E-state index is 12.9. The molecular formula is C24H24N2OS2. The van der Waals surface area contributed by atoms with Crippen LogP contribution in [0.5, 0.6) is 0 Å². The van der Waals surface area contributed by atoms with Crippen molar-refractivity contribution in [3.05, 3.63) is 76.6 Å². The molecule has 0 saturated heterocycles. The van der Waals surface area contributed by atoms with Crippen molar-refractivity contribution in [2.24, 2.45) is 4.99 Å². The van der Waals surface area contributed by atoms with Gasteiger partial charge in [-0.15, -0.1) is 0 Å². The first-order chi connectivity index (χ1) is 14.2. The third-order valence-electron chi connectivity index (χ3n) is 5.12. The summed E-state index contributed by atoms with van der Waals surface area (Å²) in [5.74, 6) is 0.896. The third-order valence-corrected chi connectivity index (χ3v) is 6.75. The largest absolute Gasteiger partial charge is 0.316 e. The molecule has 0 fully saturated rings. The highest BCUT2D eigenvalue weighted by Crippen LogP contribution is 2.21. The predicted molar refractivity (Wildman–Crippen MR) is 126 cm³/mol. The molecule has 1 heterocycles. The Morgan fingerprint density at radius 2 is 1.93 bits per heavy atom. The Bertz CT molecular complexity index is 1230. The zero-order valence-electron chi connectivity index (χ0n) is 16.7. The van der Waals surface area contributed by atoms with Crippen LogP contribution in [0.15, 0.2) is 65.7 Å². The van der Waals surface area contributed by atoms with Crippen LogP contribution in [0.4, 0.5) is 0 Å². The van der Waals surface area contributed by atoms with E-state index >= 15 is 0 Å². The molecule has 3 nitrogen and oxygen atoms in total. The van der Waals surface area contributed by atoms with Gasteiger partial charge in [-0.2, -0.15) is 16.8 Å². The molecule has 29 heavy (non-hydrogen) atoms. The number of rotatable bonds is 6. The van der Waals surface area contributed by atoms with E-state index in [-0.39, 0.29) is 5.91 Å². The molecule has 0 N–H and O–H groups in total. The van der Waals surface area contributed by atoms with Crippen LogP contribution in [0.25, 0.3) is 21.0 Å². The van der Waals surface area contributed by atoms with Crippen LogP contribution in [0.2, 0.25) is 0 Å². The Hall–Kier alpha value is -2.37. The number of carbonyl (C=O) groups excluding carboxylic acids is 1. The first-order valence-corrected chi connectivity index (χ1v) is 12.1. The summed E-state index contributed by atoms with van der Waals surface area (Å²) in [4.78, 5) is 18.2. The van der Waals surface area contributed by atoms with Gasteiger partial charge in [-0.1, -0.05) is 66.8 Å². The minimum atomic E-state index is -0.0958. The number of benzene rings is 3. The van der Waals surface area contributed by atoms with E-state index in [1.165, 1.54) is 10.3 Å². The van der Waals surface area contributed by atoms with Crippen molar-refractivity contribution in [1.29, 1.82) is 0 Å². The van der Waals surface area contributed by atoms with Crippen LogP contribution < -0.4 is 4.80 Å². The Labute approximate surface area is 179 Å². The zero-order valence-corrected chi connectivity index (χ0v) is 18.4. The normalized spacial score (nSPS) is 12.1. The van der Waals surface area contributed by atoms with Gasteiger partial charge in [-0.25, -0.2) is 0 Å². The molecule has 1 amide bonds. The molecule has 0 bridgehead atoms. The number of aromatic nitrogens is 1. The minimum Gasteiger partial charge on any atom is -0.316 e. The number of amides is 1. The lowest BCUT2D eigenvalue weighted by Gasteiger charge is -2.05. The van der Waals surface area contributed by atoms with Crippen molar-refractivity contribution < 1.29 is 4.79 Å². The first kappa shape index (κ1) is 19.9. The lowest BCUT2D eigenvalue weighted by Crippen LogP contribution is -2.18. The summed E-state index contributed by atoms with van der Waals surface area (Å²) in [6.45, 7) is 3.02. The maximum atomic E-state index is 12.9. The Morgan fingerprint density at radius 3 is 2.76 bits per heavy atom. The van der Waals surface area contributed by atoms with E-state index < -0.39 is 0 Å². The van der Waals surface area contributed by atoms with Crippen LogP contribution in [0.1, 0.15) is 18.1 Å². The van der Waals surface area contributed by atoms with Gasteiger partial charge in [0, 0.05) is 12.3 Å². The molecule has 4 aromatic rings. The van der Waals surface area contributed by atoms with Crippen molar-refractivity contribution in [2.45, 2.75) is 26.3 Å². The van der Waals surface area contributed by atoms with E-state index in [0.717, 1.165) is 45.4 Å². The number of fused-ring (bicyclic) bond motifs is 2. The van der Waals surface area contributed by atoms with E-state index in [4.69, 9.17) is 0 Å². The number of aryl methyl sites for hydroxylation is 2. The van der Waals surface area contributed by atoms with Gasteiger partial charge in [-0.05, 0) is 46.7 Å². The molecule has 0 saturated carbocycles. The van der Waals surface area contributed by atoms with Gasteiger partial charge in [0.15, 0.2) is 4.80 Å². The lowest BCUT2D eigenvalue weighted by atomic mass is 10.0. The van der Waals surface area contributed by atoms with Crippen LogP contribution in [-0.4, -0.2) is 22.5 Å². The fourth-order valence-corrected chi connectivity index (χ4v) is 5.08. The quantitative estimate of drug-likeness (QED) is 0.416. The third kappa shape index (κ3) is 4.31. The first-order valence-electron chi connectivity index (χ1n) is 9.85. The molecule has 0 unspecified atom stereocenters. The van der Waals surface area contributed by atoms with Crippen LogP contribution in [0.3, 0.4) is 0 Å². The molecule has 0 atom stereocenters. The van der Waals surface area contributed by atoms with E-state index in [9.17, 15) is 4.79 Å². The Balaban J connectivity index is 1.73. The zero-order chi connectivity index (χ0) is 20.2. The predicted octanol–water partition coefficient (Wildman–Crippen LogP) is 5.45. The molecule has 1 aromatic heterocycles. The summed E-state index contributed by atoms with van der Waals surface area (Å²) in [5.41, 5.74) is 3.50. The van der Waals surface area contributed by atoms with E-state index in [1.54, 1.807) is 23.1 Å². The van der Waals surface area contributed by atoms with Crippen LogP contribution >= 0.6 is 23.1 Å². The highest BCUT2D eigenvalue weighted by molar-refractivity contribution is 7.98. The molecule has 3 aromatic carbocycles. The lowest BCUT2D eigenvalue weighted by molar-refractivity contribution is -0.117. The topological polar surface area (TPSA) is 34.4 Å². The number of hydrogen-bond acceptors (Lipinski definition) is 3. The number of carbonyl (C=O) groups is 1. The molecular weight excluding hydrogens is 396 g/mol. The number of hydrogen-bond donors (Lipinski definition) is 0. The average molecular weight is 421 g/mol. The van der Waals surface area contributed by atoms with Crippen LogP contribution in [0, 0.1) is 0 Å². The smallest absolute Gasteiger partial charge is 0.252 e. The number of thioether (sulfide) groups is 1.